The number of hydrogen-bond donors (Lipinski definition) is 0. The average molecular weight is 346 g/mol. The minimum Gasteiger partial charge on any atom is -0.395 e. The molecular formula is C17H12F2N2O2S. The van der Waals surface area contributed by atoms with Gasteiger partial charge in [0.1, 0.15) is 0 Å². The molecule has 7 heteroatoms. The smallest absolute Gasteiger partial charge is 0.395 e. The van der Waals surface area contributed by atoms with E-state index in [4.69, 9.17) is 0 Å². The molecule has 0 radical (unpaired) electrons. The van der Waals surface area contributed by atoms with Crippen LogP contribution in [-0.4, -0.2) is 22.0 Å². The van der Waals surface area contributed by atoms with Gasteiger partial charge in [0.05, 0.1) is 22.9 Å². The summed E-state index contributed by atoms with van der Waals surface area (Å²) < 4.78 is 35.3. The minimum absolute atomic E-state index is 0.0310. The molecule has 0 unspecified atom stereocenters. The summed E-state index contributed by atoms with van der Waals surface area (Å²) in [6, 6.07) is 10.7. The van der Waals surface area contributed by atoms with Crippen molar-refractivity contribution < 1.29 is 18.3 Å². The number of alkyl halides is 2. The molecule has 1 aromatic heterocycles. The molecule has 0 atom stereocenters. The molecule has 4 rings (SSSR count). The third-order valence-corrected chi connectivity index (χ3v) is 4.48. The highest BCUT2D eigenvalue weighted by atomic mass is 32.2. The van der Waals surface area contributed by atoms with Gasteiger partial charge in [-0.25, -0.2) is 4.98 Å². The average Bonchev–Trinajstić information content (AvgIpc) is 2.85. The zero-order valence-corrected chi connectivity index (χ0v) is 13.4. The van der Waals surface area contributed by atoms with Crippen LogP contribution in [0.15, 0.2) is 47.5 Å². The normalized spacial score (nSPS) is 15.0. The molecule has 122 valence electrons. The molecule has 0 amide bonds. The number of nitrogens with zero attached hydrogens (tertiary/aromatic N) is 2. The largest absolute Gasteiger partial charge is 0.586 e. The molecule has 2 aromatic carbocycles. The summed E-state index contributed by atoms with van der Waals surface area (Å²) in [7, 11) is 0. The van der Waals surface area contributed by atoms with Crippen LogP contribution in [0.5, 0.6) is 11.5 Å². The first-order valence-corrected chi connectivity index (χ1v) is 8.33. The Kier molecular flexibility index (Phi) is 3.53. The van der Waals surface area contributed by atoms with Gasteiger partial charge < -0.3 is 9.47 Å². The number of aromatic nitrogens is 2. The lowest BCUT2D eigenvalue weighted by Crippen LogP contribution is -2.25. The maximum atomic E-state index is 13.2. The summed E-state index contributed by atoms with van der Waals surface area (Å²) in [5.74, 6) is 0.873. The van der Waals surface area contributed by atoms with E-state index in [0.717, 1.165) is 16.2 Å². The van der Waals surface area contributed by atoms with E-state index in [9.17, 15) is 8.78 Å². The highest BCUT2D eigenvalue weighted by Crippen LogP contribution is 2.43. The number of fused-ring (bicyclic) bond motifs is 2. The highest BCUT2D eigenvalue weighted by molar-refractivity contribution is 7.99. The van der Waals surface area contributed by atoms with E-state index in [-0.39, 0.29) is 11.5 Å². The molecule has 4 nitrogen and oxygen atoms in total. The highest BCUT2D eigenvalue weighted by Gasteiger charge is 2.43. The molecule has 3 aromatic rings. The van der Waals surface area contributed by atoms with E-state index in [2.05, 4.69) is 26.4 Å². The molecule has 1 aliphatic rings. The summed E-state index contributed by atoms with van der Waals surface area (Å²) >= 11 is 1.71. The Labute approximate surface area is 140 Å². The molecule has 0 saturated carbocycles. The van der Waals surface area contributed by atoms with Crippen LogP contribution in [0.2, 0.25) is 0 Å². The minimum atomic E-state index is -3.65. The fourth-order valence-corrected chi connectivity index (χ4v) is 3.36. The van der Waals surface area contributed by atoms with Crippen molar-refractivity contribution in [2.45, 2.75) is 18.1 Å². The van der Waals surface area contributed by atoms with Gasteiger partial charge in [0, 0.05) is 22.6 Å². The van der Waals surface area contributed by atoms with Crippen LogP contribution < -0.4 is 9.47 Å². The summed E-state index contributed by atoms with van der Waals surface area (Å²) in [4.78, 5) is 9.99. The number of benzene rings is 2. The van der Waals surface area contributed by atoms with Gasteiger partial charge in [0.2, 0.25) is 0 Å². The Bertz CT molecular complexity index is 934. The molecule has 0 saturated heterocycles. The summed E-state index contributed by atoms with van der Waals surface area (Å²) in [5, 5.41) is 0. The maximum Gasteiger partial charge on any atom is 0.586 e. The van der Waals surface area contributed by atoms with E-state index < -0.39 is 6.29 Å². The van der Waals surface area contributed by atoms with Crippen LogP contribution >= 0.6 is 11.8 Å². The van der Waals surface area contributed by atoms with Crippen molar-refractivity contribution in [1.29, 1.82) is 0 Å². The van der Waals surface area contributed by atoms with Gasteiger partial charge in [-0.1, -0.05) is 25.1 Å². The van der Waals surface area contributed by atoms with E-state index in [1.165, 1.54) is 12.1 Å². The predicted molar refractivity (Wildman–Crippen MR) is 87.6 cm³/mol. The lowest BCUT2D eigenvalue weighted by Gasteiger charge is -2.08. The standard InChI is InChI=1S/C17H12F2N2O2S/c1-2-24-16-6-4-3-5-10(16)13-9-20-11-7-14-15(8-12(11)21-13)23-17(18,19)22-14/h3-9H,2H2,1H3. The molecule has 0 fully saturated rings. The molecule has 0 spiro atoms. The number of hydrogen-bond acceptors (Lipinski definition) is 5. The predicted octanol–water partition coefficient (Wildman–Crippen LogP) is 4.73. The first kappa shape index (κ1) is 15.1. The monoisotopic (exact) mass is 346 g/mol. The Morgan fingerprint density at radius 2 is 1.79 bits per heavy atom. The molecule has 0 bridgehead atoms. The van der Waals surface area contributed by atoms with Crippen LogP contribution in [0, 0.1) is 0 Å². The SMILES string of the molecule is CCSc1ccccc1-c1cnc2cc3c(cc2n1)OC(F)(F)O3. The lowest BCUT2D eigenvalue weighted by molar-refractivity contribution is -0.286. The van der Waals surface area contributed by atoms with Gasteiger partial charge in [-0.15, -0.1) is 20.5 Å². The Hall–Kier alpha value is -2.41. The van der Waals surface area contributed by atoms with Gasteiger partial charge in [0.25, 0.3) is 0 Å². The van der Waals surface area contributed by atoms with Crippen LogP contribution in [0.4, 0.5) is 8.78 Å². The molecule has 1 aliphatic heterocycles. The first-order valence-electron chi connectivity index (χ1n) is 7.34. The van der Waals surface area contributed by atoms with Gasteiger partial charge in [0.15, 0.2) is 11.5 Å². The maximum absolute atomic E-state index is 13.2. The molecule has 0 N–H and O–H groups in total. The number of ether oxygens (including phenoxy) is 2. The van der Waals surface area contributed by atoms with Crippen LogP contribution in [0.25, 0.3) is 22.3 Å². The van der Waals surface area contributed by atoms with E-state index in [1.807, 2.05) is 24.3 Å². The Balaban J connectivity index is 1.81. The zero-order chi connectivity index (χ0) is 16.7. The van der Waals surface area contributed by atoms with Gasteiger partial charge in [-0.2, -0.15) is 0 Å². The van der Waals surface area contributed by atoms with Gasteiger partial charge in [-0.05, 0) is 11.8 Å². The van der Waals surface area contributed by atoms with Crippen molar-refractivity contribution >= 4 is 22.8 Å². The van der Waals surface area contributed by atoms with Crippen molar-refractivity contribution in [2.75, 3.05) is 5.75 Å². The Morgan fingerprint density at radius 1 is 1.08 bits per heavy atom. The van der Waals surface area contributed by atoms with Crippen LogP contribution in [0.3, 0.4) is 0 Å². The second-order valence-electron chi connectivity index (χ2n) is 5.14. The third-order valence-electron chi connectivity index (χ3n) is 3.53. The topological polar surface area (TPSA) is 44.2 Å². The van der Waals surface area contributed by atoms with Crippen molar-refractivity contribution in [1.82, 2.24) is 9.97 Å². The second kappa shape index (κ2) is 5.59. The van der Waals surface area contributed by atoms with E-state index in [1.54, 1.807) is 18.0 Å². The number of halogens is 2. The van der Waals surface area contributed by atoms with Crippen LogP contribution in [0.1, 0.15) is 6.92 Å². The summed E-state index contributed by atoms with van der Waals surface area (Å²) in [6.45, 7) is 2.08. The van der Waals surface area contributed by atoms with Gasteiger partial charge in [-0.3, -0.25) is 4.98 Å². The number of thioether (sulfide) groups is 1. The molecule has 0 aliphatic carbocycles. The zero-order valence-electron chi connectivity index (χ0n) is 12.6. The second-order valence-corrected chi connectivity index (χ2v) is 6.45. The molecule has 2 heterocycles. The van der Waals surface area contributed by atoms with E-state index >= 15 is 0 Å². The number of rotatable bonds is 3. The fraction of sp³-hybridized carbons (Fsp3) is 0.176. The summed E-state index contributed by atoms with van der Waals surface area (Å²) in [6.07, 6.45) is -2.01. The molecule has 24 heavy (non-hydrogen) atoms. The van der Waals surface area contributed by atoms with Crippen molar-refractivity contribution in [2.24, 2.45) is 0 Å². The lowest BCUT2D eigenvalue weighted by atomic mass is 10.1. The third kappa shape index (κ3) is 2.65. The van der Waals surface area contributed by atoms with E-state index in [0.29, 0.717) is 16.7 Å². The van der Waals surface area contributed by atoms with Crippen molar-refractivity contribution in [3.8, 4) is 22.8 Å². The summed E-state index contributed by atoms with van der Waals surface area (Å²) in [5.41, 5.74) is 2.59. The van der Waals surface area contributed by atoms with Crippen LogP contribution in [-0.2, 0) is 0 Å². The van der Waals surface area contributed by atoms with Gasteiger partial charge >= 0.3 is 6.29 Å². The van der Waals surface area contributed by atoms with Crippen molar-refractivity contribution in [3.05, 3.63) is 42.6 Å². The molecular weight excluding hydrogens is 334 g/mol. The fourth-order valence-electron chi connectivity index (χ4n) is 2.55. The first-order chi connectivity index (χ1) is 11.6. The Morgan fingerprint density at radius 3 is 2.54 bits per heavy atom. The quantitative estimate of drug-likeness (QED) is 0.642. The van der Waals surface area contributed by atoms with Crippen molar-refractivity contribution in [3.63, 3.8) is 0 Å².